The molecule has 0 amide bonds. The van der Waals surface area contributed by atoms with Gasteiger partial charge in [-0.3, -0.25) is 0 Å². The van der Waals surface area contributed by atoms with Gasteiger partial charge < -0.3 is 14.6 Å². The van der Waals surface area contributed by atoms with E-state index in [1.807, 2.05) is 42.9 Å². The third kappa shape index (κ3) is 3.71. The van der Waals surface area contributed by atoms with Crippen LogP contribution in [0.2, 0.25) is 5.02 Å². The first-order valence-electron chi connectivity index (χ1n) is 9.32. The van der Waals surface area contributed by atoms with Crippen molar-refractivity contribution in [3.8, 4) is 11.3 Å². The molecule has 7 heteroatoms. The van der Waals surface area contributed by atoms with E-state index in [1.54, 1.807) is 7.11 Å². The number of pyridine rings is 2. The van der Waals surface area contributed by atoms with Crippen molar-refractivity contribution in [3.05, 3.63) is 40.7 Å². The van der Waals surface area contributed by atoms with Crippen LogP contribution < -0.4 is 5.32 Å². The van der Waals surface area contributed by atoms with Crippen molar-refractivity contribution in [3.63, 3.8) is 0 Å². The number of nitrogens with zero attached hydrogens (tertiary/aromatic N) is 3. The van der Waals surface area contributed by atoms with Gasteiger partial charge in [-0.2, -0.15) is 0 Å². The standard InChI is InChI=1S/C21H26ClFN4O/c1-12(2)17-7-6-15(21(24-4)25-17)20-16(22)8-18-19(26-20)13(3)10-27(18)14(9-23)11-28-5/h6-8,10,12,14H,9,11H2,1-5H3,(H,24,25)/t14-/m1/s1. The summed E-state index contributed by atoms with van der Waals surface area (Å²) in [6.45, 7) is 5.92. The van der Waals surface area contributed by atoms with Crippen LogP contribution in [0, 0.1) is 6.92 Å². The fourth-order valence-electron chi connectivity index (χ4n) is 3.37. The first-order valence-corrected chi connectivity index (χ1v) is 9.70. The molecule has 28 heavy (non-hydrogen) atoms. The van der Waals surface area contributed by atoms with E-state index in [9.17, 15) is 4.39 Å². The number of methoxy groups -OCH3 is 1. The molecular weight excluding hydrogens is 379 g/mol. The van der Waals surface area contributed by atoms with Crippen LogP contribution in [0.5, 0.6) is 0 Å². The molecule has 0 saturated carbocycles. The summed E-state index contributed by atoms with van der Waals surface area (Å²) in [7, 11) is 3.40. The van der Waals surface area contributed by atoms with Gasteiger partial charge >= 0.3 is 0 Å². The molecule has 5 nitrogen and oxygen atoms in total. The Morgan fingerprint density at radius 3 is 2.64 bits per heavy atom. The lowest BCUT2D eigenvalue weighted by Crippen LogP contribution is -2.15. The molecule has 0 bridgehead atoms. The zero-order valence-corrected chi connectivity index (χ0v) is 17.6. The lowest BCUT2D eigenvalue weighted by atomic mass is 10.1. The maximum Gasteiger partial charge on any atom is 0.135 e. The molecule has 150 valence electrons. The van der Waals surface area contributed by atoms with E-state index in [2.05, 4.69) is 19.2 Å². The molecule has 3 heterocycles. The number of fused-ring (bicyclic) bond motifs is 1. The molecule has 0 radical (unpaired) electrons. The number of hydrogen-bond donors (Lipinski definition) is 1. The molecule has 0 fully saturated rings. The first-order chi connectivity index (χ1) is 13.4. The minimum absolute atomic E-state index is 0.281. The van der Waals surface area contributed by atoms with Crippen molar-refractivity contribution >= 4 is 28.5 Å². The number of alkyl halides is 1. The van der Waals surface area contributed by atoms with Crippen molar-refractivity contribution in [1.82, 2.24) is 14.5 Å². The van der Waals surface area contributed by atoms with Crippen LogP contribution in [-0.2, 0) is 4.74 Å². The number of aromatic nitrogens is 3. The second kappa shape index (κ2) is 8.45. The molecule has 0 aliphatic rings. The van der Waals surface area contributed by atoms with Crippen molar-refractivity contribution < 1.29 is 9.13 Å². The van der Waals surface area contributed by atoms with Crippen LogP contribution in [0.1, 0.15) is 37.1 Å². The minimum atomic E-state index is -0.527. The van der Waals surface area contributed by atoms with Gasteiger partial charge in [-0.05, 0) is 36.6 Å². The van der Waals surface area contributed by atoms with E-state index < -0.39 is 12.7 Å². The number of rotatable bonds is 7. The summed E-state index contributed by atoms with van der Waals surface area (Å²) >= 11 is 6.62. The topological polar surface area (TPSA) is 52.0 Å². The molecule has 1 atom stereocenters. The zero-order chi connectivity index (χ0) is 20.4. The number of nitrogens with one attached hydrogen (secondary N) is 1. The Labute approximate surface area is 169 Å². The van der Waals surface area contributed by atoms with Gasteiger partial charge in [-0.25, -0.2) is 14.4 Å². The van der Waals surface area contributed by atoms with Crippen molar-refractivity contribution in [2.45, 2.75) is 32.7 Å². The van der Waals surface area contributed by atoms with Crippen molar-refractivity contribution in [2.24, 2.45) is 0 Å². The smallest absolute Gasteiger partial charge is 0.135 e. The summed E-state index contributed by atoms with van der Waals surface area (Å²) in [5.74, 6) is 1.06. The fraction of sp³-hybridized carbons (Fsp3) is 0.429. The lowest BCUT2D eigenvalue weighted by molar-refractivity contribution is 0.142. The summed E-state index contributed by atoms with van der Waals surface area (Å²) in [4.78, 5) is 9.53. The predicted octanol–water partition coefficient (Wildman–Crippen LogP) is 5.38. The number of aryl methyl sites for hydroxylation is 1. The third-order valence-corrected chi connectivity index (χ3v) is 5.16. The highest BCUT2D eigenvalue weighted by Crippen LogP contribution is 2.36. The van der Waals surface area contributed by atoms with Gasteiger partial charge in [0.15, 0.2) is 0 Å². The molecular formula is C21H26ClFN4O. The Bertz CT molecular complexity index is 986. The molecule has 0 unspecified atom stereocenters. The van der Waals surface area contributed by atoms with Crippen LogP contribution >= 0.6 is 11.6 Å². The van der Waals surface area contributed by atoms with Gasteiger partial charge in [-0.1, -0.05) is 25.4 Å². The predicted molar refractivity (Wildman–Crippen MR) is 113 cm³/mol. The largest absolute Gasteiger partial charge is 0.382 e. The highest BCUT2D eigenvalue weighted by molar-refractivity contribution is 6.33. The molecule has 3 aromatic rings. The summed E-state index contributed by atoms with van der Waals surface area (Å²) < 4.78 is 20.6. The zero-order valence-electron chi connectivity index (χ0n) is 16.9. The van der Waals surface area contributed by atoms with Gasteiger partial charge in [-0.15, -0.1) is 0 Å². The molecule has 0 saturated heterocycles. The summed E-state index contributed by atoms with van der Waals surface area (Å²) in [5.41, 5.74) is 5.04. The monoisotopic (exact) mass is 404 g/mol. The number of ether oxygens (including phenoxy) is 1. The van der Waals surface area contributed by atoms with E-state index in [0.717, 1.165) is 33.7 Å². The average Bonchev–Trinajstić information content (AvgIpc) is 3.00. The van der Waals surface area contributed by atoms with Gasteiger partial charge in [0.2, 0.25) is 0 Å². The molecule has 1 N–H and O–H groups in total. The maximum atomic E-state index is 13.5. The molecule has 0 spiro atoms. The van der Waals surface area contributed by atoms with Gasteiger partial charge in [0, 0.05) is 31.6 Å². The quantitative estimate of drug-likeness (QED) is 0.574. The Hall–Kier alpha value is -2.18. The third-order valence-electron chi connectivity index (χ3n) is 4.87. The molecule has 3 rings (SSSR count). The highest BCUT2D eigenvalue weighted by atomic mass is 35.5. The molecule has 0 aliphatic carbocycles. The van der Waals surface area contributed by atoms with Gasteiger partial charge in [0.1, 0.15) is 12.5 Å². The molecule has 3 aromatic heterocycles. The highest BCUT2D eigenvalue weighted by Gasteiger charge is 2.20. The maximum absolute atomic E-state index is 13.5. The molecule has 0 aromatic carbocycles. The fourth-order valence-corrected chi connectivity index (χ4v) is 3.61. The Morgan fingerprint density at radius 1 is 1.29 bits per heavy atom. The van der Waals surface area contributed by atoms with Crippen LogP contribution in [0.25, 0.3) is 22.3 Å². The Morgan fingerprint density at radius 2 is 2.04 bits per heavy atom. The average molecular weight is 405 g/mol. The normalized spacial score (nSPS) is 12.7. The summed E-state index contributed by atoms with van der Waals surface area (Å²) in [6, 6.07) is 5.43. The lowest BCUT2D eigenvalue weighted by Gasteiger charge is -2.16. The Balaban J connectivity index is 2.17. The summed E-state index contributed by atoms with van der Waals surface area (Å²) in [5, 5.41) is 3.65. The second-order valence-electron chi connectivity index (χ2n) is 7.21. The second-order valence-corrected chi connectivity index (χ2v) is 7.61. The number of halogens is 2. The SMILES string of the molecule is CNc1nc(C(C)C)ccc1-c1nc2c(C)cn([C@H](CF)COC)c2cc1Cl. The first kappa shape index (κ1) is 20.6. The number of anilines is 1. The minimum Gasteiger partial charge on any atom is -0.382 e. The van der Waals surface area contributed by atoms with Crippen LogP contribution in [-0.4, -0.2) is 42.0 Å². The van der Waals surface area contributed by atoms with Crippen LogP contribution in [0.3, 0.4) is 0 Å². The van der Waals surface area contributed by atoms with Crippen LogP contribution in [0.4, 0.5) is 10.2 Å². The van der Waals surface area contributed by atoms with E-state index in [4.69, 9.17) is 26.3 Å². The van der Waals surface area contributed by atoms with E-state index in [-0.39, 0.29) is 6.61 Å². The van der Waals surface area contributed by atoms with Crippen LogP contribution in [0.15, 0.2) is 24.4 Å². The Kier molecular flexibility index (Phi) is 6.20. The molecule has 0 aliphatic heterocycles. The van der Waals surface area contributed by atoms with E-state index in [0.29, 0.717) is 16.6 Å². The summed E-state index contributed by atoms with van der Waals surface area (Å²) in [6.07, 6.45) is 1.90. The van der Waals surface area contributed by atoms with Crippen molar-refractivity contribution in [2.75, 3.05) is 32.8 Å². The van der Waals surface area contributed by atoms with Gasteiger partial charge in [0.25, 0.3) is 0 Å². The number of hydrogen-bond acceptors (Lipinski definition) is 4. The van der Waals surface area contributed by atoms with E-state index >= 15 is 0 Å². The van der Waals surface area contributed by atoms with E-state index in [1.165, 1.54) is 0 Å². The van der Waals surface area contributed by atoms with Crippen molar-refractivity contribution in [1.29, 1.82) is 0 Å². The van der Waals surface area contributed by atoms with Gasteiger partial charge in [0.05, 0.1) is 34.4 Å².